The van der Waals surface area contributed by atoms with Crippen molar-refractivity contribution in [1.29, 1.82) is 0 Å². The summed E-state index contributed by atoms with van der Waals surface area (Å²) in [6.07, 6.45) is 4.21. The maximum atomic E-state index is 12.9. The summed E-state index contributed by atoms with van der Waals surface area (Å²) in [6.45, 7) is 0.734. The minimum atomic E-state index is -0.685. The minimum absolute atomic E-state index is 0.0471. The highest BCUT2D eigenvalue weighted by atomic mass is 19.1. The van der Waals surface area contributed by atoms with Crippen LogP contribution in [0, 0.1) is 5.82 Å². The molecular weight excluding hydrogens is 309 g/mol. The number of aliphatic hydroxyl groups is 1. The molecule has 4 nitrogen and oxygen atoms in total. The Kier molecular flexibility index (Phi) is 5.30. The predicted molar refractivity (Wildman–Crippen MR) is 87.7 cm³/mol. The van der Waals surface area contributed by atoms with Crippen molar-refractivity contribution in [3.63, 3.8) is 0 Å². The first-order valence-corrected chi connectivity index (χ1v) is 8.39. The van der Waals surface area contributed by atoms with Crippen LogP contribution in [-0.4, -0.2) is 28.5 Å². The van der Waals surface area contributed by atoms with E-state index in [-0.39, 0.29) is 17.8 Å². The Labute approximate surface area is 140 Å². The molecule has 1 aliphatic rings. The monoisotopic (exact) mass is 331 g/mol. The molecule has 0 radical (unpaired) electrons. The van der Waals surface area contributed by atoms with Crippen LogP contribution >= 0.6 is 0 Å². The van der Waals surface area contributed by atoms with Crippen molar-refractivity contribution in [2.24, 2.45) is 0 Å². The second kappa shape index (κ2) is 7.62. The van der Waals surface area contributed by atoms with Gasteiger partial charge < -0.3 is 14.4 Å². The van der Waals surface area contributed by atoms with Crippen molar-refractivity contribution in [2.75, 3.05) is 6.54 Å². The van der Waals surface area contributed by atoms with Gasteiger partial charge in [0.2, 0.25) is 5.91 Å². The van der Waals surface area contributed by atoms with E-state index < -0.39 is 6.10 Å². The summed E-state index contributed by atoms with van der Waals surface area (Å²) in [5.41, 5.74) is 0.955. The molecule has 3 rings (SSSR count). The first-order chi connectivity index (χ1) is 11.6. The molecule has 128 valence electrons. The summed E-state index contributed by atoms with van der Waals surface area (Å²) in [6, 6.07) is 9.80. The van der Waals surface area contributed by atoms with Crippen molar-refractivity contribution in [2.45, 2.75) is 44.2 Å². The fraction of sp³-hybridized carbons (Fsp3) is 0.421. The van der Waals surface area contributed by atoms with Crippen LogP contribution in [0.2, 0.25) is 0 Å². The van der Waals surface area contributed by atoms with Crippen LogP contribution in [-0.2, 0) is 11.2 Å². The molecule has 5 heteroatoms. The van der Waals surface area contributed by atoms with Crippen LogP contribution in [0.4, 0.5) is 4.39 Å². The molecular formula is C19H22FNO3. The molecule has 24 heavy (non-hydrogen) atoms. The number of aliphatic hydroxyl groups excluding tert-OH is 1. The van der Waals surface area contributed by atoms with Gasteiger partial charge in [-0.15, -0.1) is 0 Å². The fourth-order valence-corrected chi connectivity index (χ4v) is 3.31. The second-order valence-electron chi connectivity index (χ2n) is 6.28. The SMILES string of the molecule is O=C(CCc1ccc(F)cc1)N1CCCC1CC(O)c1ccco1. The number of nitrogens with zero attached hydrogens (tertiary/aromatic N) is 1. The van der Waals surface area contributed by atoms with E-state index in [1.54, 1.807) is 30.5 Å². The predicted octanol–water partition coefficient (Wildman–Crippen LogP) is 3.47. The number of carbonyl (C=O) groups is 1. The first-order valence-electron chi connectivity index (χ1n) is 8.39. The summed E-state index contributed by atoms with van der Waals surface area (Å²) in [5.74, 6) is 0.366. The number of carbonyl (C=O) groups excluding carboxylic acids is 1. The number of rotatable bonds is 6. The van der Waals surface area contributed by atoms with Crippen molar-refractivity contribution >= 4 is 5.91 Å². The molecule has 1 aliphatic heterocycles. The van der Waals surface area contributed by atoms with Gasteiger partial charge in [-0.3, -0.25) is 4.79 Å². The summed E-state index contributed by atoms with van der Waals surface area (Å²) in [4.78, 5) is 14.4. The van der Waals surface area contributed by atoms with Gasteiger partial charge >= 0.3 is 0 Å². The van der Waals surface area contributed by atoms with E-state index in [2.05, 4.69) is 0 Å². The van der Waals surface area contributed by atoms with E-state index in [9.17, 15) is 14.3 Å². The zero-order chi connectivity index (χ0) is 16.9. The van der Waals surface area contributed by atoms with Crippen molar-refractivity contribution < 1.29 is 18.7 Å². The number of aryl methyl sites for hydroxylation is 1. The molecule has 0 spiro atoms. The van der Waals surface area contributed by atoms with Gasteiger partial charge in [0.15, 0.2) is 0 Å². The lowest BCUT2D eigenvalue weighted by Gasteiger charge is -2.26. The third-order valence-electron chi connectivity index (χ3n) is 4.61. The first kappa shape index (κ1) is 16.7. The molecule has 2 atom stereocenters. The van der Waals surface area contributed by atoms with Gasteiger partial charge in [-0.2, -0.15) is 0 Å². The lowest BCUT2D eigenvalue weighted by atomic mass is 10.0. The molecule has 2 aromatic rings. The van der Waals surface area contributed by atoms with E-state index in [4.69, 9.17) is 4.42 Å². The molecule has 1 fully saturated rings. The topological polar surface area (TPSA) is 53.7 Å². The van der Waals surface area contributed by atoms with Crippen LogP contribution in [0.3, 0.4) is 0 Å². The van der Waals surface area contributed by atoms with Crippen molar-refractivity contribution in [1.82, 2.24) is 4.90 Å². The summed E-state index contributed by atoms with van der Waals surface area (Å²) < 4.78 is 18.1. The van der Waals surface area contributed by atoms with Crippen LogP contribution < -0.4 is 0 Å². The summed E-state index contributed by atoms with van der Waals surface area (Å²) in [5, 5.41) is 10.2. The van der Waals surface area contributed by atoms with Gasteiger partial charge in [0, 0.05) is 25.4 Å². The number of furan rings is 1. The number of benzene rings is 1. The Balaban J connectivity index is 1.54. The van der Waals surface area contributed by atoms with E-state index in [1.807, 2.05) is 4.90 Å². The van der Waals surface area contributed by atoms with Crippen LogP contribution in [0.15, 0.2) is 47.1 Å². The van der Waals surface area contributed by atoms with Crippen LogP contribution in [0.1, 0.15) is 43.1 Å². The Morgan fingerprint density at radius 2 is 2.12 bits per heavy atom. The molecule has 1 aromatic heterocycles. The lowest BCUT2D eigenvalue weighted by molar-refractivity contribution is -0.132. The number of amides is 1. The standard InChI is InChI=1S/C19H22FNO3/c20-15-8-5-14(6-9-15)7-10-19(23)21-11-1-3-16(21)13-17(22)18-4-2-12-24-18/h2,4-6,8-9,12,16-17,22H,1,3,7,10-11,13H2. The third-order valence-corrected chi connectivity index (χ3v) is 4.61. The van der Waals surface area contributed by atoms with E-state index in [0.29, 0.717) is 25.0 Å². The second-order valence-corrected chi connectivity index (χ2v) is 6.28. The Hall–Kier alpha value is -2.14. The van der Waals surface area contributed by atoms with E-state index in [0.717, 1.165) is 24.9 Å². The molecule has 0 aliphatic carbocycles. The van der Waals surface area contributed by atoms with Gasteiger partial charge in [0.05, 0.1) is 6.26 Å². The number of hydrogen-bond acceptors (Lipinski definition) is 3. The molecule has 1 saturated heterocycles. The average Bonchev–Trinajstić information content (AvgIpc) is 3.25. The van der Waals surface area contributed by atoms with Gasteiger partial charge in [-0.05, 0) is 49.1 Å². The largest absolute Gasteiger partial charge is 0.467 e. The Bertz CT molecular complexity index is 654. The molecule has 1 aromatic carbocycles. The summed E-state index contributed by atoms with van der Waals surface area (Å²) in [7, 11) is 0. The maximum absolute atomic E-state index is 12.9. The van der Waals surface area contributed by atoms with Gasteiger partial charge in [-0.1, -0.05) is 12.1 Å². The Morgan fingerprint density at radius 1 is 1.33 bits per heavy atom. The quantitative estimate of drug-likeness (QED) is 0.882. The molecule has 0 saturated carbocycles. The molecule has 0 bridgehead atoms. The molecule has 2 heterocycles. The van der Waals surface area contributed by atoms with E-state index in [1.165, 1.54) is 12.1 Å². The fourth-order valence-electron chi connectivity index (χ4n) is 3.31. The lowest BCUT2D eigenvalue weighted by Crippen LogP contribution is -2.36. The zero-order valence-electron chi connectivity index (χ0n) is 13.5. The normalized spacial score (nSPS) is 18.8. The van der Waals surface area contributed by atoms with E-state index >= 15 is 0 Å². The summed E-state index contributed by atoms with van der Waals surface area (Å²) >= 11 is 0. The van der Waals surface area contributed by atoms with Crippen LogP contribution in [0.25, 0.3) is 0 Å². The van der Waals surface area contributed by atoms with Crippen LogP contribution in [0.5, 0.6) is 0 Å². The highest BCUT2D eigenvalue weighted by Crippen LogP contribution is 2.28. The highest BCUT2D eigenvalue weighted by molar-refractivity contribution is 5.77. The highest BCUT2D eigenvalue weighted by Gasteiger charge is 2.30. The number of hydrogen-bond donors (Lipinski definition) is 1. The van der Waals surface area contributed by atoms with Gasteiger partial charge in [0.25, 0.3) is 0 Å². The average molecular weight is 331 g/mol. The molecule has 2 unspecified atom stereocenters. The van der Waals surface area contributed by atoms with Gasteiger partial charge in [0.1, 0.15) is 17.7 Å². The number of halogens is 1. The van der Waals surface area contributed by atoms with Gasteiger partial charge in [-0.25, -0.2) is 4.39 Å². The van der Waals surface area contributed by atoms with Crippen molar-refractivity contribution in [3.8, 4) is 0 Å². The maximum Gasteiger partial charge on any atom is 0.223 e. The third kappa shape index (κ3) is 4.03. The number of likely N-dealkylation sites (tertiary alicyclic amines) is 1. The minimum Gasteiger partial charge on any atom is -0.467 e. The zero-order valence-corrected chi connectivity index (χ0v) is 13.5. The Morgan fingerprint density at radius 3 is 2.83 bits per heavy atom. The van der Waals surface area contributed by atoms with Crippen molar-refractivity contribution in [3.05, 3.63) is 59.8 Å². The smallest absolute Gasteiger partial charge is 0.223 e. The molecule has 1 amide bonds. The molecule has 1 N–H and O–H groups in total.